The molecular formula is C26H28F3N7O4. The Morgan fingerprint density at radius 1 is 1.10 bits per heavy atom. The average molecular weight is 560 g/mol. The highest BCUT2D eigenvalue weighted by molar-refractivity contribution is 5.93. The molecule has 14 heteroatoms. The number of halogens is 3. The van der Waals surface area contributed by atoms with Gasteiger partial charge in [-0.2, -0.15) is 18.3 Å². The minimum Gasteiger partial charge on any atom is -0.449 e. The number of ether oxygens (including phenoxy) is 1. The van der Waals surface area contributed by atoms with Gasteiger partial charge < -0.3 is 20.3 Å². The zero-order valence-corrected chi connectivity index (χ0v) is 21.4. The Labute approximate surface area is 226 Å². The van der Waals surface area contributed by atoms with Crippen molar-refractivity contribution in [1.82, 2.24) is 30.2 Å². The summed E-state index contributed by atoms with van der Waals surface area (Å²) in [4.78, 5) is 42.9. The normalized spacial score (nSPS) is 18.6. The molecular weight excluding hydrogens is 531 g/mol. The maximum absolute atomic E-state index is 13.9. The van der Waals surface area contributed by atoms with Crippen molar-refractivity contribution in [3.8, 4) is 0 Å². The van der Waals surface area contributed by atoms with Crippen LogP contribution in [-0.4, -0.2) is 63.5 Å². The molecule has 1 saturated carbocycles. The van der Waals surface area contributed by atoms with Crippen LogP contribution in [0.3, 0.4) is 0 Å². The second-order valence-corrected chi connectivity index (χ2v) is 10.00. The number of nitrogens with one attached hydrogen (secondary N) is 2. The van der Waals surface area contributed by atoms with Crippen molar-refractivity contribution in [2.24, 2.45) is 5.92 Å². The number of aromatic nitrogens is 4. The summed E-state index contributed by atoms with van der Waals surface area (Å²) >= 11 is 0. The molecule has 212 valence electrons. The van der Waals surface area contributed by atoms with Gasteiger partial charge in [0.15, 0.2) is 11.9 Å². The molecule has 3 aromatic heterocycles. The number of carbonyl (C=O) groups is 2. The number of piperidine rings is 1. The molecule has 4 heterocycles. The number of hydrogen-bond acceptors (Lipinski definition) is 8. The predicted molar refractivity (Wildman–Crippen MR) is 137 cm³/mol. The predicted octanol–water partition coefficient (Wildman–Crippen LogP) is 3.01. The van der Waals surface area contributed by atoms with E-state index < -0.39 is 41.2 Å². The fourth-order valence-corrected chi connectivity index (χ4v) is 4.72. The summed E-state index contributed by atoms with van der Waals surface area (Å²) in [5, 5.41) is 12.5. The Morgan fingerprint density at radius 2 is 1.93 bits per heavy atom. The molecule has 2 atom stereocenters. The van der Waals surface area contributed by atoms with E-state index in [1.807, 2.05) is 10.2 Å². The topological polar surface area (TPSA) is 131 Å². The molecule has 0 aromatic carbocycles. The molecule has 5 rings (SSSR count). The Kier molecular flexibility index (Phi) is 7.85. The number of fused-ring (bicyclic) bond motifs is 1. The second kappa shape index (κ2) is 11.5. The first-order chi connectivity index (χ1) is 19.2. The fourth-order valence-electron chi connectivity index (χ4n) is 4.72. The van der Waals surface area contributed by atoms with Crippen molar-refractivity contribution in [1.29, 1.82) is 0 Å². The number of carbonyl (C=O) groups excluding carboxylic acids is 2. The van der Waals surface area contributed by atoms with Crippen molar-refractivity contribution in [2.45, 2.75) is 50.4 Å². The van der Waals surface area contributed by atoms with E-state index in [1.165, 1.54) is 22.7 Å². The monoisotopic (exact) mass is 559 g/mol. The number of alkyl halides is 3. The van der Waals surface area contributed by atoms with Gasteiger partial charge in [-0.15, -0.1) is 5.10 Å². The van der Waals surface area contributed by atoms with Gasteiger partial charge in [0.05, 0.1) is 12.3 Å². The fraction of sp³-hybridized carbons (Fsp3) is 0.462. The van der Waals surface area contributed by atoms with Gasteiger partial charge in [-0.25, -0.2) is 9.78 Å². The molecule has 1 aliphatic carbocycles. The number of hydrogen-bond donors (Lipinski definition) is 2. The molecule has 1 unspecified atom stereocenters. The maximum atomic E-state index is 13.9. The lowest BCUT2D eigenvalue weighted by atomic mass is 9.86. The molecule has 2 amide bonds. The molecule has 2 N–H and O–H groups in total. The summed E-state index contributed by atoms with van der Waals surface area (Å²) in [5.41, 5.74) is -1.46. The number of amides is 2. The molecule has 11 nitrogen and oxygen atoms in total. The third kappa shape index (κ3) is 6.32. The minimum atomic E-state index is -4.89. The van der Waals surface area contributed by atoms with Crippen LogP contribution in [0, 0.1) is 5.92 Å². The summed E-state index contributed by atoms with van der Waals surface area (Å²) in [6.07, 6.45) is 0.824. The van der Waals surface area contributed by atoms with Gasteiger partial charge in [0.2, 0.25) is 0 Å². The molecule has 0 bridgehead atoms. The van der Waals surface area contributed by atoms with Crippen LogP contribution in [0.2, 0.25) is 0 Å². The third-order valence-electron chi connectivity index (χ3n) is 7.12. The number of rotatable bonds is 7. The first-order valence-electron chi connectivity index (χ1n) is 13.1. The second-order valence-electron chi connectivity index (χ2n) is 10.00. The highest BCUT2D eigenvalue weighted by atomic mass is 19.4. The quantitative estimate of drug-likeness (QED) is 0.452. The molecule has 2 fully saturated rings. The smallest absolute Gasteiger partial charge is 0.414 e. The lowest BCUT2D eigenvalue weighted by molar-refractivity contribution is -0.156. The van der Waals surface area contributed by atoms with Gasteiger partial charge >= 0.3 is 12.3 Å². The molecule has 1 saturated heterocycles. The van der Waals surface area contributed by atoms with E-state index in [0.29, 0.717) is 31.4 Å². The molecule has 2 aliphatic rings. The molecule has 40 heavy (non-hydrogen) atoms. The minimum absolute atomic E-state index is 0.119. The van der Waals surface area contributed by atoms with Crippen LogP contribution < -0.4 is 21.1 Å². The van der Waals surface area contributed by atoms with Crippen LogP contribution in [0.25, 0.3) is 5.65 Å². The largest absolute Gasteiger partial charge is 0.449 e. The van der Waals surface area contributed by atoms with E-state index in [1.54, 1.807) is 12.1 Å². The summed E-state index contributed by atoms with van der Waals surface area (Å²) in [7, 11) is 0. The van der Waals surface area contributed by atoms with E-state index in [4.69, 9.17) is 4.74 Å². The van der Waals surface area contributed by atoms with Gasteiger partial charge in [-0.1, -0.05) is 12.5 Å². The van der Waals surface area contributed by atoms with Gasteiger partial charge in [-0.05, 0) is 55.9 Å². The van der Waals surface area contributed by atoms with Crippen molar-refractivity contribution in [3.63, 3.8) is 0 Å². The van der Waals surface area contributed by atoms with Crippen molar-refractivity contribution >= 4 is 23.5 Å². The first kappa shape index (κ1) is 27.3. The van der Waals surface area contributed by atoms with Crippen LogP contribution >= 0.6 is 0 Å². The van der Waals surface area contributed by atoms with Gasteiger partial charge in [-0.3, -0.25) is 14.0 Å². The number of nitrogens with zero attached hydrogens (tertiary/aromatic N) is 5. The third-order valence-corrected chi connectivity index (χ3v) is 7.12. The number of anilines is 1. The highest BCUT2D eigenvalue weighted by Gasteiger charge is 2.43. The average Bonchev–Trinajstić information content (AvgIpc) is 2.90. The lowest BCUT2D eigenvalue weighted by Crippen LogP contribution is -2.48. The summed E-state index contributed by atoms with van der Waals surface area (Å²) in [6.45, 7) is 1.39. The van der Waals surface area contributed by atoms with Crippen LogP contribution in [0.15, 0.2) is 47.4 Å². The molecule has 0 radical (unpaired) electrons. The standard InChI is InChI=1S/C26H28F3N7O4/c27-26(28,29)23(32-24(38)19-13-22(37)36-12-2-1-8-20(36)31-19)18-9-10-21(34-33-18)35-11-4-7-17(14-35)30-25(39)40-15-16-5-3-6-16/h1-2,8-10,12-13,16-17,23H,3-7,11,14-15H2,(H,30,39)(H,32,38)/t17-,23?/m1/s1. The summed E-state index contributed by atoms with van der Waals surface area (Å²) in [6, 6.07) is 5.37. The van der Waals surface area contributed by atoms with Crippen LogP contribution in [0.5, 0.6) is 0 Å². The van der Waals surface area contributed by atoms with Gasteiger partial charge in [0.1, 0.15) is 11.3 Å². The van der Waals surface area contributed by atoms with E-state index in [9.17, 15) is 27.6 Å². The zero-order valence-electron chi connectivity index (χ0n) is 21.4. The molecule has 1 aliphatic heterocycles. The molecule has 3 aromatic rings. The Balaban J connectivity index is 1.24. The van der Waals surface area contributed by atoms with E-state index in [0.717, 1.165) is 44.2 Å². The van der Waals surface area contributed by atoms with Gasteiger partial charge in [0.25, 0.3) is 11.5 Å². The van der Waals surface area contributed by atoms with Crippen molar-refractivity contribution in [3.05, 3.63) is 64.3 Å². The van der Waals surface area contributed by atoms with Crippen LogP contribution in [0.4, 0.5) is 23.8 Å². The molecule has 0 spiro atoms. The maximum Gasteiger partial charge on any atom is 0.414 e. The lowest BCUT2D eigenvalue weighted by Gasteiger charge is -2.33. The van der Waals surface area contributed by atoms with E-state index >= 15 is 0 Å². The van der Waals surface area contributed by atoms with E-state index in [-0.39, 0.29) is 11.7 Å². The summed E-state index contributed by atoms with van der Waals surface area (Å²) < 4.78 is 48.3. The van der Waals surface area contributed by atoms with Crippen LogP contribution in [0.1, 0.15) is 54.3 Å². The number of pyridine rings is 1. The SMILES string of the molecule is O=C(N[C@@H]1CCCN(c2ccc(C(NC(=O)c3cc(=O)n4ccccc4n3)C(F)(F)F)nn2)C1)OCC1CCC1. The van der Waals surface area contributed by atoms with Crippen molar-refractivity contribution < 1.29 is 27.5 Å². The van der Waals surface area contributed by atoms with E-state index in [2.05, 4.69) is 20.5 Å². The van der Waals surface area contributed by atoms with Crippen LogP contribution in [-0.2, 0) is 4.74 Å². The zero-order chi connectivity index (χ0) is 28.3. The van der Waals surface area contributed by atoms with Crippen molar-refractivity contribution in [2.75, 3.05) is 24.6 Å². The first-order valence-corrected chi connectivity index (χ1v) is 13.1. The Hall–Kier alpha value is -4.23. The Bertz CT molecular complexity index is 1430. The highest BCUT2D eigenvalue weighted by Crippen LogP contribution is 2.32. The number of alkyl carbamates (subject to hydrolysis) is 1. The Morgan fingerprint density at radius 3 is 2.62 bits per heavy atom. The van der Waals surface area contributed by atoms with Gasteiger partial charge in [0, 0.05) is 31.4 Å². The summed E-state index contributed by atoms with van der Waals surface area (Å²) in [5.74, 6) is -0.403.